The van der Waals surface area contributed by atoms with E-state index in [4.69, 9.17) is 21.1 Å². The summed E-state index contributed by atoms with van der Waals surface area (Å²) in [6, 6.07) is 4.03. The van der Waals surface area contributed by atoms with Gasteiger partial charge in [0.15, 0.2) is 11.5 Å². The van der Waals surface area contributed by atoms with Crippen molar-refractivity contribution in [3.63, 3.8) is 0 Å². The molecule has 0 saturated carbocycles. The van der Waals surface area contributed by atoms with Crippen LogP contribution in [0.5, 0.6) is 11.5 Å². The molecule has 0 fully saturated rings. The molecule has 0 bridgehead atoms. The number of anilines is 1. The van der Waals surface area contributed by atoms with Crippen LogP contribution < -0.4 is 14.8 Å². The van der Waals surface area contributed by atoms with E-state index in [1.807, 2.05) is 26.0 Å². The lowest BCUT2D eigenvalue weighted by molar-refractivity contribution is 0.355. The van der Waals surface area contributed by atoms with Crippen molar-refractivity contribution in [1.29, 1.82) is 0 Å². The van der Waals surface area contributed by atoms with Crippen LogP contribution in [0.15, 0.2) is 12.1 Å². The Balaban J connectivity index is 3.11. The summed E-state index contributed by atoms with van der Waals surface area (Å²) < 4.78 is 10.3. The van der Waals surface area contributed by atoms with Gasteiger partial charge in [0.05, 0.1) is 19.9 Å². The molecule has 0 aromatic heterocycles. The molecule has 1 N–H and O–H groups in total. The Morgan fingerprint density at radius 3 is 2.33 bits per heavy atom. The number of hydrogen-bond acceptors (Lipinski definition) is 3. The SMILES string of the molecule is COc1ccc(NC(C)C)c(Cl)c1OC. The number of hydrogen-bond donors (Lipinski definition) is 1. The van der Waals surface area contributed by atoms with Crippen LogP contribution in [-0.2, 0) is 0 Å². The van der Waals surface area contributed by atoms with Crippen molar-refractivity contribution in [3.8, 4) is 11.5 Å². The molecule has 0 amide bonds. The van der Waals surface area contributed by atoms with Crippen LogP contribution in [0.25, 0.3) is 0 Å². The average Bonchev–Trinajstić information content (AvgIpc) is 2.20. The third-order valence-corrected chi connectivity index (χ3v) is 2.30. The lowest BCUT2D eigenvalue weighted by Crippen LogP contribution is -2.10. The van der Waals surface area contributed by atoms with E-state index in [0.29, 0.717) is 22.6 Å². The van der Waals surface area contributed by atoms with Gasteiger partial charge in [0.1, 0.15) is 5.02 Å². The highest BCUT2D eigenvalue weighted by molar-refractivity contribution is 6.35. The van der Waals surface area contributed by atoms with Crippen LogP contribution in [0.1, 0.15) is 13.8 Å². The molecular formula is C11H16ClNO2. The Labute approximate surface area is 95.3 Å². The van der Waals surface area contributed by atoms with Crippen LogP contribution >= 0.6 is 11.6 Å². The molecule has 0 spiro atoms. The normalized spacial score (nSPS) is 10.3. The van der Waals surface area contributed by atoms with Crippen molar-refractivity contribution < 1.29 is 9.47 Å². The average molecular weight is 230 g/mol. The molecule has 0 aliphatic rings. The molecule has 84 valence electrons. The van der Waals surface area contributed by atoms with E-state index >= 15 is 0 Å². The molecule has 0 atom stereocenters. The molecule has 15 heavy (non-hydrogen) atoms. The van der Waals surface area contributed by atoms with Gasteiger partial charge in [0.25, 0.3) is 0 Å². The molecule has 0 heterocycles. The minimum Gasteiger partial charge on any atom is -0.493 e. The Morgan fingerprint density at radius 1 is 1.20 bits per heavy atom. The molecule has 1 aromatic carbocycles. The van der Waals surface area contributed by atoms with Gasteiger partial charge in [-0.05, 0) is 26.0 Å². The Kier molecular flexibility index (Phi) is 4.09. The van der Waals surface area contributed by atoms with Gasteiger partial charge in [0.2, 0.25) is 0 Å². The fraction of sp³-hybridized carbons (Fsp3) is 0.455. The minimum atomic E-state index is 0.320. The van der Waals surface area contributed by atoms with Crippen molar-refractivity contribution in [1.82, 2.24) is 0 Å². The quantitative estimate of drug-likeness (QED) is 0.860. The zero-order valence-corrected chi connectivity index (χ0v) is 10.2. The molecule has 0 unspecified atom stereocenters. The van der Waals surface area contributed by atoms with Crippen molar-refractivity contribution in [2.75, 3.05) is 19.5 Å². The van der Waals surface area contributed by atoms with E-state index in [1.165, 1.54) is 0 Å². The number of rotatable bonds is 4. The van der Waals surface area contributed by atoms with E-state index in [0.717, 1.165) is 5.69 Å². The predicted molar refractivity (Wildman–Crippen MR) is 63.3 cm³/mol. The number of ether oxygens (including phenoxy) is 2. The van der Waals surface area contributed by atoms with E-state index < -0.39 is 0 Å². The second-order valence-electron chi connectivity index (χ2n) is 3.46. The number of halogens is 1. The maximum Gasteiger partial charge on any atom is 0.181 e. The standard InChI is InChI=1S/C11H16ClNO2/c1-7(2)13-8-5-6-9(14-3)11(15-4)10(8)12/h5-7,13H,1-4H3. The molecule has 0 aliphatic heterocycles. The maximum absolute atomic E-state index is 6.17. The Bertz CT molecular complexity index is 340. The summed E-state index contributed by atoms with van der Waals surface area (Å²) in [7, 11) is 3.16. The monoisotopic (exact) mass is 229 g/mol. The van der Waals surface area contributed by atoms with Gasteiger partial charge in [-0.3, -0.25) is 0 Å². The lowest BCUT2D eigenvalue weighted by Gasteiger charge is -2.15. The zero-order valence-electron chi connectivity index (χ0n) is 9.43. The summed E-state index contributed by atoms with van der Waals surface area (Å²) in [5, 5.41) is 3.78. The van der Waals surface area contributed by atoms with Crippen molar-refractivity contribution in [3.05, 3.63) is 17.2 Å². The summed E-state index contributed by atoms with van der Waals surface area (Å²) in [6.07, 6.45) is 0. The third kappa shape index (κ3) is 2.69. The Morgan fingerprint density at radius 2 is 1.87 bits per heavy atom. The van der Waals surface area contributed by atoms with Crippen LogP contribution in [-0.4, -0.2) is 20.3 Å². The van der Waals surface area contributed by atoms with Gasteiger partial charge in [-0.15, -0.1) is 0 Å². The van der Waals surface area contributed by atoms with E-state index in [-0.39, 0.29) is 0 Å². The summed E-state index contributed by atoms with van der Waals surface area (Å²) in [6.45, 7) is 4.10. The smallest absolute Gasteiger partial charge is 0.181 e. The van der Waals surface area contributed by atoms with E-state index in [1.54, 1.807) is 14.2 Å². The van der Waals surface area contributed by atoms with Crippen molar-refractivity contribution >= 4 is 17.3 Å². The van der Waals surface area contributed by atoms with Gasteiger partial charge in [0, 0.05) is 6.04 Å². The molecule has 4 heteroatoms. The molecule has 1 aromatic rings. The minimum absolute atomic E-state index is 0.320. The first-order valence-corrected chi connectivity index (χ1v) is 5.15. The van der Waals surface area contributed by atoms with Crippen LogP contribution in [0.3, 0.4) is 0 Å². The maximum atomic E-state index is 6.17. The first kappa shape index (κ1) is 12.0. The molecule has 3 nitrogen and oxygen atoms in total. The topological polar surface area (TPSA) is 30.5 Å². The predicted octanol–water partition coefficient (Wildman–Crippen LogP) is 3.18. The summed E-state index contributed by atoms with van der Waals surface area (Å²) in [4.78, 5) is 0. The summed E-state index contributed by atoms with van der Waals surface area (Å²) in [5.74, 6) is 1.20. The summed E-state index contributed by atoms with van der Waals surface area (Å²) >= 11 is 6.17. The highest BCUT2D eigenvalue weighted by Crippen LogP contribution is 2.40. The zero-order chi connectivity index (χ0) is 11.4. The second-order valence-corrected chi connectivity index (χ2v) is 3.84. The second kappa shape index (κ2) is 5.12. The highest BCUT2D eigenvalue weighted by atomic mass is 35.5. The number of nitrogens with one attached hydrogen (secondary N) is 1. The highest BCUT2D eigenvalue weighted by Gasteiger charge is 2.13. The molecule has 0 radical (unpaired) electrons. The summed E-state index contributed by atoms with van der Waals surface area (Å²) in [5.41, 5.74) is 0.851. The molecule has 0 aliphatic carbocycles. The third-order valence-electron chi connectivity index (χ3n) is 1.93. The van der Waals surface area contributed by atoms with E-state index in [9.17, 15) is 0 Å². The van der Waals surface area contributed by atoms with Crippen LogP contribution in [0, 0.1) is 0 Å². The molecular weight excluding hydrogens is 214 g/mol. The van der Waals surface area contributed by atoms with Gasteiger partial charge < -0.3 is 14.8 Å². The first-order chi connectivity index (χ1) is 7.10. The lowest BCUT2D eigenvalue weighted by atomic mass is 10.2. The van der Waals surface area contributed by atoms with Crippen LogP contribution in [0.2, 0.25) is 5.02 Å². The number of benzene rings is 1. The number of methoxy groups -OCH3 is 2. The van der Waals surface area contributed by atoms with Crippen molar-refractivity contribution in [2.24, 2.45) is 0 Å². The largest absolute Gasteiger partial charge is 0.493 e. The van der Waals surface area contributed by atoms with E-state index in [2.05, 4.69) is 5.32 Å². The fourth-order valence-electron chi connectivity index (χ4n) is 1.31. The van der Waals surface area contributed by atoms with Gasteiger partial charge in [-0.1, -0.05) is 11.6 Å². The van der Waals surface area contributed by atoms with Gasteiger partial charge >= 0.3 is 0 Å². The fourth-order valence-corrected chi connectivity index (χ4v) is 1.60. The Hall–Kier alpha value is -1.09. The van der Waals surface area contributed by atoms with Crippen LogP contribution in [0.4, 0.5) is 5.69 Å². The first-order valence-electron chi connectivity index (χ1n) is 4.77. The van der Waals surface area contributed by atoms with Crippen molar-refractivity contribution in [2.45, 2.75) is 19.9 Å². The van der Waals surface area contributed by atoms with Gasteiger partial charge in [-0.2, -0.15) is 0 Å². The van der Waals surface area contributed by atoms with Gasteiger partial charge in [-0.25, -0.2) is 0 Å². The molecule has 1 rings (SSSR count). The molecule has 0 saturated heterocycles.